The summed E-state index contributed by atoms with van der Waals surface area (Å²) in [5, 5.41) is 10.1. The number of benzene rings is 1. The molecule has 27 heavy (non-hydrogen) atoms. The maximum Gasteiger partial charge on any atom is 0.229 e. The Balaban J connectivity index is 1.82. The van der Waals surface area contributed by atoms with Crippen molar-refractivity contribution in [3.63, 3.8) is 0 Å². The molecule has 0 spiro atoms. The maximum atomic E-state index is 10.7. The van der Waals surface area contributed by atoms with Gasteiger partial charge in [-0.2, -0.15) is 5.10 Å². The molecular formula is C20H20ClN5O. The van der Waals surface area contributed by atoms with E-state index >= 15 is 0 Å². The van der Waals surface area contributed by atoms with E-state index in [-0.39, 0.29) is 0 Å². The molecule has 7 heteroatoms. The smallest absolute Gasteiger partial charge is 0.229 e. The fraction of sp³-hybridized carbons (Fsp3) is 0.150. The number of halogens is 1. The molecule has 3 aromatic rings. The van der Waals surface area contributed by atoms with Gasteiger partial charge in [-0.3, -0.25) is 9.78 Å². The summed E-state index contributed by atoms with van der Waals surface area (Å²) >= 11 is 6.14. The molecular weight excluding hydrogens is 362 g/mol. The van der Waals surface area contributed by atoms with Crippen LogP contribution in [0.2, 0.25) is 0 Å². The molecule has 0 unspecified atom stereocenters. The number of carbonyl (C=O) groups is 1. The number of hydrogen-bond acceptors (Lipinski definition) is 4. The molecule has 6 nitrogen and oxygen atoms in total. The SMILES string of the molecule is C/C(Cl)=C(\C=N/N(C)C=O)Nc1ccc2c(ccn2Cc2cccnc2)c1. The zero-order valence-electron chi connectivity index (χ0n) is 15.1. The van der Waals surface area contributed by atoms with Gasteiger partial charge in [0.05, 0.1) is 11.9 Å². The van der Waals surface area contributed by atoms with E-state index in [9.17, 15) is 4.79 Å². The van der Waals surface area contributed by atoms with Crippen molar-refractivity contribution in [3.05, 3.63) is 71.3 Å². The first-order valence-corrected chi connectivity index (χ1v) is 8.78. The van der Waals surface area contributed by atoms with E-state index in [0.29, 0.717) is 17.1 Å². The van der Waals surface area contributed by atoms with E-state index in [1.165, 1.54) is 11.2 Å². The lowest BCUT2D eigenvalue weighted by Gasteiger charge is -2.10. The van der Waals surface area contributed by atoms with Crippen LogP contribution in [-0.2, 0) is 11.3 Å². The number of anilines is 1. The molecule has 0 aliphatic carbocycles. The van der Waals surface area contributed by atoms with Crippen LogP contribution in [0.3, 0.4) is 0 Å². The second kappa shape index (κ2) is 8.51. The summed E-state index contributed by atoms with van der Waals surface area (Å²) in [6.07, 6.45) is 7.85. The predicted molar refractivity (Wildman–Crippen MR) is 110 cm³/mol. The molecule has 138 valence electrons. The first-order valence-electron chi connectivity index (χ1n) is 8.40. The Morgan fingerprint density at radius 1 is 1.37 bits per heavy atom. The van der Waals surface area contributed by atoms with Gasteiger partial charge in [0.1, 0.15) is 0 Å². The number of carbonyl (C=O) groups excluding carboxylic acids is 1. The van der Waals surface area contributed by atoms with E-state index in [2.05, 4.69) is 44.4 Å². The summed E-state index contributed by atoms with van der Waals surface area (Å²) in [5.41, 5.74) is 3.79. The first kappa shape index (κ1) is 18.7. The van der Waals surface area contributed by atoms with Gasteiger partial charge >= 0.3 is 0 Å². The lowest BCUT2D eigenvalue weighted by Crippen LogP contribution is -2.10. The van der Waals surface area contributed by atoms with Gasteiger partial charge in [0.2, 0.25) is 6.41 Å². The molecule has 1 N–H and O–H groups in total. The number of hydrogen-bond donors (Lipinski definition) is 1. The van der Waals surface area contributed by atoms with Crippen LogP contribution in [0.1, 0.15) is 12.5 Å². The van der Waals surface area contributed by atoms with Crippen molar-refractivity contribution in [3.8, 4) is 0 Å². The topological polar surface area (TPSA) is 62.5 Å². The minimum atomic E-state index is 0.548. The molecule has 1 amide bonds. The van der Waals surface area contributed by atoms with E-state index in [4.69, 9.17) is 11.6 Å². The summed E-state index contributed by atoms with van der Waals surface area (Å²) < 4.78 is 2.18. The van der Waals surface area contributed by atoms with Gasteiger partial charge < -0.3 is 9.88 Å². The molecule has 0 atom stereocenters. The Morgan fingerprint density at radius 3 is 2.93 bits per heavy atom. The largest absolute Gasteiger partial charge is 0.353 e. The fourth-order valence-electron chi connectivity index (χ4n) is 2.64. The summed E-state index contributed by atoms with van der Waals surface area (Å²) in [6, 6.07) is 12.2. The van der Waals surface area contributed by atoms with Crippen molar-refractivity contribution in [1.82, 2.24) is 14.6 Å². The van der Waals surface area contributed by atoms with Gasteiger partial charge in [0.25, 0.3) is 0 Å². The molecule has 0 saturated heterocycles. The summed E-state index contributed by atoms with van der Waals surface area (Å²) in [6.45, 7) is 2.53. The molecule has 0 aliphatic rings. The third-order valence-electron chi connectivity index (χ3n) is 4.02. The number of fused-ring (bicyclic) bond motifs is 1. The quantitative estimate of drug-likeness (QED) is 0.381. The lowest BCUT2D eigenvalue weighted by atomic mass is 10.2. The number of rotatable bonds is 7. The average molecular weight is 382 g/mol. The lowest BCUT2D eigenvalue weighted by molar-refractivity contribution is -0.116. The van der Waals surface area contributed by atoms with E-state index in [1.807, 2.05) is 24.4 Å². The van der Waals surface area contributed by atoms with Crippen molar-refractivity contribution in [2.75, 3.05) is 12.4 Å². The Bertz CT molecular complexity index is 990. The van der Waals surface area contributed by atoms with Crippen LogP contribution in [0.5, 0.6) is 0 Å². The molecule has 3 rings (SSSR count). The molecule has 0 saturated carbocycles. The van der Waals surface area contributed by atoms with Gasteiger partial charge in [-0.15, -0.1) is 0 Å². The minimum Gasteiger partial charge on any atom is -0.353 e. The molecule has 0 aliphatic heterocycles. The number of aromatic nitrogens is 2. The standard InChI is InChI=1S/C20H20ClN5O/c1-15(21)19(12-23-25(2)14-27)24-18-5-6-20-17(10-18)7-9-26(20)13-16-4-3-8-22-11-16/h3-12,14,24H,13H2,1-2H3/b19-15-,23-12-. The number of amides is 1. The van der Waals surface area contributed by atoms with Gasteiger partial charge in [0.15, 0.2) is 0 Å². The normalized spacial score (nSPS) is 12.3. The van der Waals surface area contributed by atoms with Gasteiger partial charge in [0, 0.05) is 53.8 Å². The number of nitrogens with one attached hydrogen (secondary N) is 1. The van der Waals surface area contributed by atoms with Crippen molar-refractivity contribution < 1.29 is 4.79 Å². The van der Waals surface area contributed by atoms with E-state index in [1.54, 1.807) is 20.2 Å². The van der Waals surface area contributed by atoms with Crippen LogP contribution in [0.4, 0.5) is 5.69 Å². The Kier molecular flexibility index (Phi) is 5.88. The second-order valence-corrected chi connectivity index (χ2v) is 6.64. The van der Waals surface area contributed by atoms with Crippen LogP contribution in [0, 0.1) is 0 Å². The van der Waals surface area contributed by atoms with Crippen LogP contribution in [0.15, 0.2) is 70.8 Å². The zero-order chi connectivity index (χ0) is 19.2. The number of hydrazone groups is 1. The van der Waals surface area contributed by atoms with Crippen molar-refractivity contribution in [2.24, 2.45) is 5.10 Å². The molecule has 1 aromatic carbocycles. The molecule has 0 radical (unpaired) electrons. The minimum absolute atomic E-state index is 0.548. The van der Waals surface area contributed by atoms with Crippen LogP contribution in [0.25, 0.3) is 10.9 Å². The van der Waals surface area contributed by atoms with E-state index < -0.39 is 0 Å². The van der Waals surface area contributed by atoms with Gasteiger partial charge in [-0.05, 0) is 42.8 Å². The highest BCUT2D eigenvalue weighted by Crippen LogP contribution is 2.23. The highest BCUT2D eigenvalue weighted by atomic mass is 35.5. The predicted octanol–water partition coefficient (Wildman–Crippen LogP) is 4.04. The first-order chi connectivity index (χ1) is 13.1. The van der Waals surface area contributed by atoms with Gasteiger partial charge in [-0.25, -0.2) is 5.01 Å². The molecule has 0 fully saturated rings. The van der Waals surface area contributed by atoms with Crippen molar-refractivity contribution in [1.29, 1.82) is 0 Å². The molecule has 0 bridgehead atoms. The van der Waals surface area contributed by atoms with Gasteiger partial charge in [-0.1, -0.05) is 17.7 Å². The summed E-state index contributed by atoms with van der Waals surface area (Å²) in [4.78, 5) is 14.8. The number of nitrogens with zero attached hydrogens (tertiary/aromatic N) is 4. The molecule has 2 heterocycles. The highest BCUT2D eigenvalue weighted by Gasteiger charge is 2.05. The molecule has 2 aromatic heterocycles. The maximum absolute atomic E-state index is 10.7. The van der Waals surface area contributed by atoms with Crippen molar-refractivity contribution >= 4 is 40.8 Å². The van der Waals surface area contributed by atoms with Crippen LogP contribution < -0.4 is 5.32 Å². The fourth-order valence-corrected chi connectivity index (χ4v) is 2.74. The third-order valence-corrected chi connectivity index (χ3v) is 4.22. The summed E-state index contributed by atoms with van der Waals surface area (Å²) in [5.74, 6) is 0. The number of pyridine rings is 1. The Labute approximate surface area is 162 Å². The monoisotopic (exact) mass is 381 g/mol. The zero-order valence-corrected chi connectivity index (χ0v) is 15.9. The Hall–Kier alpha value is -3.12. The average Bonchev–Trinajstić information content (AvgIpc) is 3.07. The van der Waals surface area contributed by atoms with Crippen molar-refractivity contribution in [2.45, 2.75) is 13.5 Å². The number of allylic oxidation sites excluding steroid dienone is 2. The summed E-state index contributed by atoms with van der Waals surface area (Å²) in [7, 11) is 1.56. The second-order valence-electron chi connectivity index (χ2n) is 6.07. The third kappa shape index (κ3) is 4.74. The van der Waals surface area contributed by atoms with Crippen LogP contribution >= 0.6 is 11.6 Å². The highest BCUT2D eigenvalue weighted by molar-refractivity contribution is 6.31. The van der Waals surface area contributed by atoms with E-state index in [0.717, 1.165) is 28.7 Å². The Morgan fingerprint density at radius 2 is 2.22 bits per heavy atom. The van der Waals surface area contributed by atoms with Crippen LogP contribution in [-0.4, -0.2) is 34.2 Å².